The average Bonchev–Trinajstić information content (AvgIpc) is 3.14. The lowest BCUT2D eigenvalue weighted by molar-refractivity contribution is -0.146. The molecule has 3 aliphatic rings. The molecule has 0 unspecified atom stereocenters. The highest BCUT2D eigenvalue weighted by Gasteiger charge is 2.51. The van der Waals surface area contributed by atoms with E-state index in [1.54, 1.807) is 12.1 Å². The SMILES string of the molecule is O=C(NCc1ccc(F)cc1F)C1=CN2C[C@H]3OC(=O)[C@H](Cc4ccc(O)cc4)N3C(=O)C2=C(O)C1. The topological polar surface area (TPSA) is 119 Å². The molecule has 2 aromatic carbocycles. The molecule has 0 spiro atoms. The Morgan fingerprint density at radius 1 is 1.11 bits per heavy atom. The number of rotatable bonds is 5. The molecule has 11 heteroatoms. The Kier molecular flexibility index (Phi) is 5.83. The van der Waals surface area contributed by atoms with Crippen molar-refractivity contribution in [2.45, 2.75) is 31.7 Å². The molecule has 0 radical (unpaired) electrons. The van der Waals surface area contributed by atoms with Crippen molar-refractivity contribution in [3.63, 3.8) is 0 Å². The number of aromatic hydroxyl groups is 1. The molecule has 2 amide bonds. The lowest BCUT2D eigenvalue weighted by Crippen LogP contribution is -2.55. The van der Waals surface area contributed by atoms with E-state index in [0.29, 0.717) is 11.6 Å². The van der Waals surface area contributed by atoms with Crippen LogP contribution in [0.15, 0.2) is 65.7 Å². The zero-order valence-corrected chi connectivity index (χ0v) is 18.8. The van der Waals surface area contributed by atoms with E-state index < -0.39 is 41.7 Å². The fourth-order valence-electron chi connectivity index (χ4n) is 4.52. The smallest absolute Gasteiger partial charge is 0.331 e. The Bertz CT molecular complexity index is 1320. The maximum atomic E-state index is 13.9. The predicted molar refractivity (Wildman–Crippen MR) is 120 cm³/mol. The summed E-state index contributed by atoms with van der Waals surface area (Å²) in [6.07, 6.45) is 0.391. The van der Waals surface area contributed by atoms with Crippen molar-refractivity contribution in [2.24, 2.45) is 0 Å². The Morgan fingerprint density at radius 2 is 1.86 bits per heavy atom. The number of nitrogens with zero attached hydrogens (tertiary/aromatic N) is 2. The van der Waals surface area contributed by atoms with Crippen molar-refractivity contribution < 1.29 is 38.1 Å². The van der Waals surface area contributed by atoms with Crippen LogP contribution in [0.1, 0.15) is 17.5 Å². The minimum absolute atomic E-state index is 0.00627. The highest BCUT2D eigenvalue weighted by Crippen LogP contribution is 2.35. The van der Waals surface area contributed by atoms with Gasteiger partial charge < -0.3 is 25.2 Å². The van der Waals surface area contributed by atoms with Crippen molar-refractivity contribution >= 4 is 17.8 Å². The number of aliphatic hydroxyl groups is 1. The van der Waals surface area contributed by atoms with Crippen LogP contribution in [0.4, 0.5) is 8.78 Å². The van der Waals surface area contributed by atoms with Gasteiger partial charge in [0.15, 0.2) is 6.23 Å². The first-order valence-electron chi connectivity index (χ1n) is 11.1. The number of carbonyl (C=O) groups excluding carboxylic acids is 3. The number of phenolic OH excluding ortho intramolecular Hbond substituents is 1. The van der Waals surface area contributed by atoms with E-state index in [-0.39, 0.29) is 54.3 Å². The first-order valence-corrected chi connectivity index (χ1v) is 11.1. The Hall–Kier alpha value is -4.41. The van der Waals surface area contributed by atoms with Crippen LogP contribution in [-0.2, 0) is 32.1 Å². The number of ether oxygens (including phenoxy) is 1. The molecule has 2 fully saturated rings. The van der Waals surface area contributed by atoms with Gasteiger partial charge in [-0.05, 0) is 23.8 Å². The first-order chi connectivity index (χ1) is 17.2. The second-order valence-corrected chi connectivity index (χ2v) is 8.69. The van der Waals surface area contributed by atoms with Gasteiger partial charge in [-0.1, -0.05) is 18.2 Å². The monoisotopic (exact) mass is 497 g/mol. The van der Waals surface area contributed by atoms with Crippen molar-refractivity contribution in [3.05, 3.63) is 88.5 Å². The number of carbonyl (C=O) groups is 3. The number of hydrogen-bond acceptors (Lipinski definition) is 7. The molecule has 2 saturated heterocycles. The first kappa shape index (κ1) is 23.3. The number of piperazine rings is 1. The molecular formula is C25H21F2N3O6. The van der Waals surface area contributed by atoms with Crippen molar-refractivity contribution in [2.75, 3.05) is 6.54 Å². The van der Waals surface area contributed by atoms with Crippen LogP contribution in [0.3, 0.4) is 0 Å². The standard InChI is InChI=1S/C25H21F2N3O6/c26-16-4-3-14(18(27)9-16)10-28-23(33)15-8-20(32)22-24(34)30-19(7-13-1-5-17(31)6-2-13)25(35)36-21(30)12-29(22)11-15/h1-6,9,11,19,21,31-32H,7-8,10,12H2,(H,28,33)/t19-,21+/m0/s1. The number of amides is 2. The molecule has 0 aromatic heterocycles. The second-order valence-electron chi connectivity index (χ2n) is 8.69. The lowest BCUT2D eigenvalue weighted by atomic mass is 10.0. The number of fused-ring (bicyclic) bond motifs is 2. The average molecular weight is 497 g/mol. The number of phenols is 1. The molecule has 2 aromatic rings. The highest BCUT2D eigenvalue weighted by atomic mass is 19.1. The van der Waals surface area contributed by atoms with Crippen LogP contribution in [0.2, 0.25) is 0 Å². The largest absolute Gasteiger partial charge is 0.510 e. The van der Waals surface area contributed by atoms with Gasteiger partial charge >= 0.3 is 5.97 Å². The van der Waals surface area contributed by atoms with Crippen LogP contribution in [0.5, 0.6) is 5.75 Å². The molecule has 3 N–H and O–H groups in total. The van der Waals surface area contributed by atoms with E-state index >= 15 is 0 Å². The van der Waals surface area contributed by atoms with Crippen molar-refractivity contribution in [3.8, 4) is 5.75 Å². The normalized spacial score (nSPS) is 21.1. The van der Waals surface area contributed by atoms with E-state index in [2.05, 4.69) is 5.32 Å². The van der Waals surface area contributed by atoms with E-state index in [1.165, 1.54) is 34.2 Å². The van der Waals surface area contributed by atoms with Crippen molar-refractivity contribution in [1.82, 2.24) is 15.1 Å². The summed E-state index contributed by atoms with van der Waals surface area (Å²) in [6.45, 7) is -0.197. The Morgan fingerprint density at radius 3 is 2.58 bits per heavy atom. The van der Waals surface area contributed by atoms with Crippen LogP contribution >= 0.6 is 0 Å². The van der Waals surface area contributed by atoms with Gasteiger partial charge in [0.05, 0.1) is 6.54 Å². The highest BCUT2D eigenvalue weighted by molar-refractivity contribution is 6.00. The number of benzene rings is 2. The maximum Gasteiger partial charge on any atom is 0.331 e. The fraction of sp³-hybridized carbons (Fsp3) is 0.240. The third-order valence-electron chi connectivity index (χ3n) is 6.30. The van der Waals surface area contributed by atoms with Gasteiger partial charge in [-0.3, -0.25) is 14.5 Å². The number of esters is 1. The van der Waals surface area contributed by atoms with Crippen LogP contribution in [0, 0.1) is 11.6 Å². The number of halogens is 2. The molecule has 5 rings (SSSR count). The summed E-state index contributed by atoms with van der Waals surface area (Å²) in [5.41, 5.74) is 0.859. The summed E-state index contributed by atoms with van der Waals surface area (Å²) in [5, 5.41) is 22.7. The molecule has 36 heavy (non-hydrogen) atoms. The summed E-state index contributed by atoms with van der Waals surface area (Å²) < 4.78 is 32.4. The van der Waals surface area contributed by atoms with Crippen LogP contribution in [0.25, 0.3) is 0 Å². The molecule has 0 saturated carbocycles. The van der Waals surface area contributed by atoms with E-state index in [0.717, 1.165) is 6.07 Å². The number of allylic oxidation sites excluding steroid dienone is 1. The van der Waals surface area contributed by atoms with Gasteiger partial charge in [0, 0.05) is 42.8 Å². The molecular weight excluding hydrogens is 476 g/mol. The summed E-state index contributed by atoms with van der Waals surface area (Å²) in [4.78, 5) is 41.2. The summed E-state index contributed by atoms with van der Waals surface area (Å²) >= 11 is 0. The summed E-state index contributed by atoms with van der Waals surface area (Å²) in [7, 11) is 0. The van der Waals surface area contributed by atoms with Crippen molar-refractivity contribution in [1.29, 1.82) is 0 Å². The number of aliphatic hydroxyl groups excluding tert-OH is 1. The Balaban J connectivity index is 1.31. The minimum atomic E-state index is -0.921. The third kappa shape index (κ3) is 4.23. The van der Waals surface area contributed by atoms with Gasteiger partial charge in [0.1, 0.15) is 34.9 Å². The quantitative estimate of drug-likeness (QED) is 0.541. The predicted octanol–water partition coefficient (Wildman–Crippen LogP) is 1.98. The maximum absolute atomic E-state index is 13.9. The van der Waals surface area contributed by atoms with E-state index in [4.69, 9.17) is 4.74 Å². The van der Waals surface area contributed by atoms with Gasteiger partial charge in [-0.15, -0.1) is 0 Å². The van der Waals surface area contributed by atoms with Crippen LogP contribution < -0.4 is 5.32 Å². The molecule has 3 heterocycles. The third-order valence-corrected chi connectivity index (χ3v) is 6.30. The van der Waals surface area contributed by atoms with Gasteiger partial charge in [0.25, 0.3) is 5.91 Å². The number of nitrogens with one attached hydrogen (secondary N) is 1. The molecule has 0 bridgehead atoms. The molecule has 3 aliphatic heterocycles. The van der Waals surface area contributed by atoms with Gasteiger partial charge in [-0.25, -0.2) is 13.6 Å². The lowest BCUT2D eigenvalue weighted by Gasteiger charge is -2.40. The Labute approximate surface area is 203 Å². The molecule has 2 atom stereocenters. The summed E-state index contributed by atoms with van der Waals surface area (Å²) in [6, 6.07) is 8.33. The zero-order chi connectivity index (χ0) is 25.6. The molecule has 0 aliphatic carbocycles. The van der Waals surface area contributed by atoms with Gasteiger partial charge in [-0.2, -0.15) is 0 Å². The number of hydrogen-bond donors (Lipinski definition) is 3. The molecule has 186 valence electrons. The summed E-state index contributed by atoms with van der Waals surface area (Å²) in [5.74, 6) is -3.62. The van der Waals surface area contributed by atoms with Gasteiger partial charge in [0.2, 0.25) is 5.91 Å². The second kappa shape index (κ2) is 8.99. The molecule has 9 nitrogen and oxygen atoms in total. The van der Waals surface area contributed by atoms with E-state index in [1.807, 2.05) is 0 Å². The van der Waals surface area contributed by atoms with E-state index in [9.17, 15) is 33.4 Å². The zero-order valence-electron chi connectivity index (χ0n) is 18.8. The fourth-order valence-corrected chi connectivity index (χ4v) is 4.52. The minimum Gasteiger partial charge on any atom is -0.510 e. The van der Waals surface area contributed by atoms with Crippen LogP contribution in [-0.4, -0.2) is 56.6 Å².